The van der Waals surface area contributed by atoms with Gasteiger partial charge in [0.2, 0.25) is 0 Å². The van der Waals surface area contributed by atoms with Crippen molar-refractivity contribution in [3.63, 3.8) is 0 Å². The first-order chi connectivity index (χ1) is 14.7. The van der Waals surface area contributed by atoms with E-state index in [1.165, 1.54) is 24.3 Å². The van der Waals surface area contributed by atoms with Crippen LogP contribution in [0.5, 0.6) is 0 Å². The molecule has 0 atom stereocenters. The lowest BCUT2D eigenvalue weighted by Crippen LogP contribution is -2.41. The number of hydrogen-bond acceptors (Lipinski definition) is 5. The van der Waals surface area contributed by atoms with Gasteiger partial charge in [-0.25, -0.2) is 4.39 Å². The molecule has 2 aromatic rings. The maximum Gasteiger partial charge on any atom is 0.495 e. The molecule has 1 aliphatic heterocycles. The van der Waals surface area contributed by atoms with Crippen LogP contribution >= 0.6 is 0 Å². The molecular formula is C25H30BFO5. The van der Waals surface area contributed by atoms with E-state index in [0.29, 0.717) is 22.2 Å². The molecule has 1 fully saturated rings. The molecule has 7 heteroatoms. The molecule has 0 radical (unpaired) electrons. The Labute approximate surface area is 189 Å². The summed E-state index contributed by atoms with van der Waals surface area (Å²) >= 11 is 0. The van der Waals surface area contributed by atoms with Gasteiger partial charge in [0.15, 0.2) is 5.78 Å². The van der Waals surface area contributed by atoms with Gasteiger partial charge < -0.3 is 14.0 Å². The largest absolute Gasteiger partial charge is 0.495 e. The third-order valence-corrected chi connectivity index (χ3v) is 5.74. The van der Waals surface area contributed by atoms with Gasteiger partial charge in [0.1, 0.15) is 11.4 Å². The van der Waals surface area contributed by atoms with Gasteiger partial charge in [-0.1, -0.05) is 18.2 Å². The van der Waals surface area contributed by atoms with Crippen LogP contribution in [-0.2, 0) is 25.3 Å². The van der Waals surface area contributed by atoms with Gasteiger partial charge in [-0.3, -0.25) is 9.59 Å². The van der Waals surface area contributed by atoms with Crippen LogP contribution in [0.25, 0.3) is 0 Å². The molecule has 1 aliphatic rings. The minimum absolute atomic E-state index is 0.0504. The fourth-order valence-electron chi connectivity index (χ4n) is 3.39. The van der Waals surface area contributed by atoms with Gasteiger partial charge in [-0.05, 0) is 83.8 Å². The van der Waals surface area contributed by atoms with Gasteiger partial charge >= 0.3 is 13.1 Å². The van der Waals surface area contributed by atoms with E-state index in [9.17, 15) is 14.0 Å². The van der Waals surface area contributed by atoms with Crippen molar-refractivity contribution in [1.82, 2.24) is 0 Å². The lowest BCUT2D eigenvalue weighted by atomic mass is 9.73. The summed E-state index contributed by atoms with van der Waals surface area (Å²) in [6, 6.07) is 10.5. The molecule has 5 nitrogen and oxygen atoms in total. The van der Waals surface area contributed by atoms with E-state index in [2.05, 4.69) is 0 Å². The van der Waals surface area contributed by atoms with E-state index in [1.807, 2.05) is 48.5 Å². The molecule has 0 amide bonds. The standard InChI is InChI=1S/C25H30BFO5/c1-23(2,3)30-21(28)15-16-8-13-19(22(29)17-9-11-18(27)12-10-17)20(14-16)26-31-24(4,5)25(6,7)32-26/h8-14H,15H2,1-7H3. The van der Waals surface area contributed by atoms with E-state index in [4.69, 9.17) is 14.0 Å². The Balaban J connectivity index is 2.00. The molecule has 2 aromatic carbocycles. The SMILES string of the molecule is CC(C)(C)OC(=O)Cc1ccc(C(=O)c2ccc(F)cc2)c(B2OC(C)(C)C(C)(C)O2)c1. The molecule has 170 valence electrons. The number of rotatable bonds is 5. The number of benzene rings is 2. The number of carbonyl (C=O) groups excluding carboxylic acids is 2. The second-order valence-electron chi connectivity index (χ2n) is 10.1. The van der Waals surface area contributed by atoms with Crippen LogP contribution in [0, 0.1) is 5.82 Å². The molecule has 0 spiro atoms. The third kappa shape index (κ3) is 5.27. The Morgan fingerprint density at radius 1 is 0.969 bits per heavy atom. The van der Waals surface area contributed by atoms with Gasteiger partial charge in [0, 0.05) is 11.1 Å². The fourth-order valence-corrected chi connectivity index (χ4v) is 3.39. The van der Waals surface area contributed by atoms with Crippen LogP contribution in [0.4, 0.5) is 4.39 Å². The Hall–Kier alpha value is -2.51. The molecule has 0 unspecified atom stereocenters. The van der Waals surface area contributed by atoms with Crippen LogP contribution in [0.15, 0.2) is 42.5 Å². The van der Waals surface area contributed by atoms with Crippen molar-refractivity contribution in [2.45, 2.75) is 71.7 Å². The van der Waals surface area contributed by atoms with Crippen molar-refractivity contribution < 1.29 is 28.0 Å². The third-order valence-electron chi connectivity index (χ3n) is 5.74. The van der Waals surface area contributed by atoms with Crippen molar-refractivity contribution in [2.75, 3.05) is 0 Å². The molecule has 0 N–H and O–H groups in total. The molecule has 32 heavy (non-hydrogen) atoms. The van der Waals surface area contributed by atoms with E-state index in [0.717, 1.165) is 0 Å². The van der Waals surface area contributed by atoms with Crippen molar-refractivity contribution in [2.24, 2.45) is 0 Å². The van der Waals surface area contributed by atoms with Crippen LogP contribution < -0.4 is 5.46 Å². The minimum Gasteiger partial charge on any atom is -0.460 e. The van der Waals surface area contributed by atoms with E-state index in [1.54, 1.807) is 18.2 Å². The van der Waals surface area contributed by atoms with Gasteiger partial charge in [0.25, 0.3) is 0 Å². The average molecular weight is 440 g/mol. The van der Waals surface area contributed by atoms with E-state index < -0.39 is 29.7 Å². The molecule has 1 saturated heterocycles. The molecule has 0 bridgehead atoms. The van der Waals surface area contributed by atoms with Gasteiger partial charge in [-0.15, -0.1) is 0 Å². The highest BCUT2D eigenvalue weighted by molar-refractivity contribution is 6.64. The van der Waals surface area contributed by atoms with Crippen molar-refractivity contribution in [3.8, 4) is 0 Å². The summed E-state index contributed by atoms with van der Waals surface area (Å²) in [6.07, 6.45) is 0.0504. The first-order valence-electron chi connectivity index (χ1n) is 10.7. The Bertz CT molecular complexity index is 1010. The zero-order chi connectivity index (χ0) is 23.9. The predicted octanol–water partition coefficient (Wildman–Crippen LogP) is 4.24. The van der Waals surface area contributed by atoms with Crippen LogP contribution in [-0.4, -0.2) is 35.7 Å². The number of esters is 1. The monoisotopic (exact) mass is 440 g/mol. The zero-order valence-electron chi connectivity index (χ0n) is 19.7. The van der Waals surface area contributed by atoms with Crippen LogP contribution in [0.1, 0.15) is 70.0 Å². The topological polar surface area (TPSA) is 61.8 Å². The Kier molecular flexibility index (Phi) is 6.37. The van der Waals surface area contributed by atoms with E-state index in [-0.39, 0.29) is 18.2 Å². The predicted molar refractivity (Wildman–Crippen MR) is 122 cm³/mol. The summed E-state index contributed by atoms with van der Waals surface area (Å²) in [6.45, 7) is 13.2. The summed E-state index contributed by atoms with van der Waals surface area (Å²) in [5.41, 5.74) is 0.138. The molecular weight excluding hydrogens is 410 g/mol. The normalized spacial score (nSPS) is 17.3. The highest BCUT2D eigenvalue weighted by atomic mass is 19.1. The first kappa shape index (κ1) is 24.1. The quantitative estimate of drug-likeness (QED) is 0.396. The zero-order valence-corrected chi connectivity index (χ0v) is 19.7. The number of halogens is 1. The maximum atomic E-state index is 13.3. The van der Waals surface area contributed by atoms with Gasteiger partial charge in [-0.2, -0.15) is 0 Å². The number of ketones is 1. The highest BCUT2D eigenvalue weighted by Gasteiger charge is 2.52. The summed E-state index contributed by atoms with van der Waals surface area (Å²) in [4.78, 5) is 25.6. The molecule has 3 rings (SSSR count). The summed E-state index contributed by atoms with van der Waals surface area (Å²) in [5.74, 6) is -1.06. The summed E-state index contributed by atoms with van der Waals surface area (Å²) in [7, 11) is -0.794. The van der Waals surface area contributed by atoms with Crippen molar-refractivity contribution in [1.29, 1.82) is 0 Å². The average Bonchev–Trinajstić information content (AvgIpc) is 2.87. The minimum atomic E-state index is -0.794. The molecule has 0 saturated carbocycles. The summed E-state index contributed by atoms with van der Waals surface area (Å²) in [5, 5.41) is 0. The van der Waals surface area contributed by atoms with Crippen LogP contribution in [0.2, 0.25) is 0 Å². The fraction of sp³-hybridized carbons (Fsp3) is 0.440. The smallest absolute Gasteiger partial charge is 0.460 e. The first-order valence-corrected chi connectivity index (χ1v) is 10.7. The summed E-state index contributed by atoms with van der Waals surface area (Å²) < 4.78 is 31.1. The maximum absolute atomic E-state index is 13.3. The molecule has 1 heterocycles. The number of hydrogen-bond donors (Lipinski definition) is 0. The lowest BCUT2D eigenvalue weighted by molar-refractivity contribution is -0.153. The molecule has 0 aliphatic carbocycles. The number of carbonyl (C=O) groups is 2. The second kappa shape index (κ2) is 8.45. The van der Waals surface area contributed by atoms with Crippen molar-refractivity contribution in [3.05, 3.63) is 65.0 Å². The van der Waals surface area contributed by atoms with Crippen molar-refractivity contribution >= 4 is 24.3 Å². The Morgan fingerprint density at radius 2 is 1.53 bits per heavy atom. The van der Waals surface area contributed by atoms with Gasteiger partial charge in [0.05, 0.1) is 17.6 Å². The number of ether oxygens (including phenoxy) is 1. The van der Waals surface area contributed by atoms with Crippen LogP contribution in [0.3, 0.4) is 0 Å². The Morgan fingerprint density at radius 3 is 2.06 bits per heavy atom. The second-order valence-corrected chi connectivity index (χ2v) is 10.1. The van der Waals surface area contributed by atoms with E-state index >= 15 is 0 Å². The molecule has 0 aromatic heterocycles. The lowest BCUT2D eigenvalue weighted by Gasteiger charge is -2.32. The highest BCUT2D eigenvalue weighted by Crippen LogP contribution is 2.37.